The summed E-state index contributed by atoms with van der Waals surface area (Å²) in [6, 6.07) is -0.116. The van der Waals surface area contributed by atoms with E-state index in [9.17, 15) is 4.79 Å². The van der Waals surface area contributed by atoms with Gasteiger partial charge in [0.05, 0.1) is 0 Å². The van der Waals surface area contributed by atoms with Crippen LogP contribution in [0.15, 0.2) is 12.3 Å². The first-order chi connectivity index (χ1) is 3.80. The Kier molecular flexibility index (Phi) is 1.30. The lowest BCUT2D eigenvalue weighted by molar-refractivity contribution is -0.117. The van der Waals surface area contributed by atoms with Gasteiger partial charge in [-0.25, -0.2) is 5.43 Å². The van der Waals surface area contributed by atoms with Crippen LogP contribution in [0.2, 0.25) is 0 Å². The predicted octanol–water partition coefficient (Wildman–Crippen LogP) is -0.435. The molecule has 1 heterocycles. The summed E-state index contributed by atoms with van der Waals surface area (Å²) in [5.74, 6) is 0.131. The normalized spacial score (nSPS) is 25.4. The zero-order valence-electron chi connectivity index (χ0n) is 4.64. The monoisotopic (exact) mass is 112 g/mol. The third-order valence-corrected chi connectivity index (χ3v) is 1.05. The van der Waals surface area contributed by atoms with Crippen LogP contribution in [0.3, 0.4) is 0 Å². The van der Waals surface area contributed by atoms with Crippen LogP contribution < -0.4 is 10.9 Å². The highest BCUT2D eigenvalue weighted by Crippen LogP contribution is 1.90. The number of carbonyl (C=O) groups excluding carboxylic acids is 1. The second kappa shape index (κ2) is 1.96. The van der Waals surface area contributed by atoms with Crippen molar-refractivity contribution in [3.63, 3.8) is 0 Å². The van der Waals surface area contributed by atoms with Crippen LogP contribution in [0, 0.1) is 0 Å². The van der Waals surface area contributed by atoms with E-state index in [-0.39, 0.29) is 11.8 Å². The Balaban J connectivity index is 2.48. The molecule has 1 rings (SSSR count). The molecule has 0 saturated heterocycles. The van der Waals surface area contributed by atoms with Crippen LogP contribution in [0.1, 0.15) is 6.92 Å². The lowest BCUT2D eigenvalue weighted by Crippen LogP contribution is -2.35. The quantitative estimate of drug-likeness (QED) is 0.483. The lowest BCUT2D eigenvalue weighted by atomic mass is 10.2. The molecule has 0 saturated carbocycles. The second-order valence-corrected chi connectivity index (χ2v) is 1.74. The van der Waals surface area contributed by atoms with Crippen molar-refractivity contribution in [1.82, 2.24) is 10.9 Å². The van der Waals surface area contributed by atoms with Gasteiger partial charge >= 0.3 is 0 Å². The summed E-state index contributed by atoms with van der Waals surface area (Å²) in [4.78, 5) is 10.5. The van der Waals surface area contributed by atoms with E-state index in [1.165, 1.54) is 0 Å². The van der Waals surface area contributed by atoms with E-state index >= 15 is 0 Å². The van der Waals surface area contributed by atoms with Crippen molar-refractivity contribution >= 4 is 5.78 Å². The largest absolute Gasteiger partial charge is 0.328 e. The molecule has 0 aliphatic carbocycles. The molecule has 1 aliphatic rings. The predicted molar refractivity (Wildman–Crippen MR) is 29.9 cm³/mol. The van der Waals surface area contributed by atoms with Crippen LogP contribution in [-0.2, 0) is 4.79 Å². The SMILES string of the molecule is CC(=O)C1C=CNN1. The summed E-state index contributed by atoms with van der Waals surface area (Å²) in [7, 11) is 0. The van der Waals surface area contributed by atoms with E-state index in [0.29, 0.717) is 0 Å². The minimum atomic E-state index is -0.116. The number of Topliss-reactive ketones (excluding diaryl/α,β-unsaturated/α-hetero) is 1. The molecule has 0 aromatic carbocycles. The maximum Gasteiger partial charge on any atom is 0.152 e. The van der Waals surface area contributed by atoms with Gasteiger partial charge in [-0.2, -0.15) is 0 Å². The molecule has 8 heavy (non-hydrogen) atoms. The van der Waals surface area contributed by atoms with Gasteiger partial charge in [-0.15, -0.1) is 0 Å². The van der Waals surface area contributed by atoms with Crippen LogP contribution in [-0.4, -0.2) is 11.8 Å². The van der Waals surface area contributed by atoms with E-state index in [1.807, 2.05) is 0 Å². The fraction of sp³-hybridized carbons (Fsp3) is 0.400. The molecule has 1 atom stereocenters. The first-order valence-electron chi connectivity index (χ1n) is 2.49. The Morgan fingerprint density at radius 3 is 2.75 bits per heavy atom. The molecule has 44 valence electrons. The van der Waals surface area contributed by atoms with Crippen LogP contribution in [0.4, 0.5) is 0 Å². The third kappa shape index (κ3) is 0.869. The first kappa shape index (κ1) is 5.31. The molecule has 0 spiro atoms. The van der Waals surface area contributed by atoms with Crippen LogP contribution in [0.25, 0.3) is 0 Å². The van der Waals surface area contributed by atoms with E-state index in [0.717, 1.165) is 0 Å². The summed E-state index contributed by atoms with van der Waals surface area (Å²) in [6.07, 6.45) is 3.49. The molecular formula is C5H8N2O. The Morgan fingerprint density at radius 1 is 1.75 bits per heavy atom. The molecular weight excluding hydrogens is 104 g/mol. The number of hydrogen-bond acceptors (Lipinski definition) is 3. The smallest absolute Gasteiger partial charge is 0.152 e. The molecule has 1 aliphatic heterocycles. The number of ketones is 1. The van der Waals surface area contributed by atoms with Crippen LogP contribution in [0.5, 0.6) is 0 Å². The van der Waals surface area contributed by atoms with Gasteiger partial charge in [0.2, 0.25) is 0 Å². The molecule has 0 aromatic heterocycles. The molecule has 0 aromatic rings. The van der Waals surface area contributed by atoms with Gasteiger partial charge in [0.25, 0.3) is 0 Å². The Morgan fingerprint density at radius 2 is 2.50 bits per heavy atom. The number of hydrazine groups is 1. The Bertz CT molecular complexity index is 130. The summed E-state index contributed by atoms with van der Waals surface area (Å²) >= 11 is 0. The summed E-state index contributed by atoms with van der Waals surface area (Å²) in [5, 5.41) is 0. The maximum absolute atomic E-state index is 10.5. The van der Waals surface area contributed by atoms with Gasteiger partial charge in [-0.05, 0) is 13.0 Å². The van der Waals surface area contributed by atoms with Gasteiger partial charge in [0.15, 0.2) is 5.78 Å². The first-order valence-corrected chi connectivity index (χ1v) is 2.49. The fourth-order valence-electron chi connectivity index (χ4n) is 0.567. The van der Waals surface area contributed by atoms with Gasteiger partial charge in [-0.3, -0.25) is 4.79 Å². The zero-order chi connectivity index (χ0) is 5.98. The number of rotatable bonds is 1. The van der Waals surface area contributed by atoms with E-state index in [1.54, 1.807) is 19.2 Å². The van der Waals surface area contributed by atoms with Gasteiger partial charge < -0.3 is 5.43 Å². The summed E-state index contributed by atoms with van der Waals surface area (Å²) in [6.45, 7) is 1.55. The Hall–Kier alpha value is -0.830. The Labute approximate surface area is 47.7 Å². The van der Waals surface area contributed by atoms with Crippen LogP contribution >= 0.6 is 0 Å². The minimum absolute atomic E-state index is 0.116. The minimum Gasteiger partial charge on any atom is -0.328 e. The average Bonchev–Trinajstić information content (AvgIpc) is 2.12. The van der Waals surface area contributed by atoms with Crippen molar-refractivity contribution in [2.24, 2.45) is 0 Å². The fourth-order valence-corrected chi connectivity index (χ4v) is 0.567. The lowest BCUT2D eigenvalue weighted by Gasteiger charge is -2.00. The highest BCUT2D eigenvalue weighted by Gasteiger charge is 2.11. The second-order valence-electron chi connectivity index (χ2n) is 1.74. The van der Waals surface area contributed by atoms with Crippen molar-refractivity contribution in [1.29, 1.82) is 0 Å². The highest BCUT2D eigenvalue weighted by molar-refractivity contribution is 5.83. The van der Waals surface area contributed by atoms with Crippen molar-refractivity contribution in [2.75, 3.05) is 0 Å². The number of carbonyl (C=O) groups is 1. The maximum atomic E-state index is 10.5. The molecule has 0 amide bonds. The summed E-state index contributed by atoms with van der Waals surface area (Å²) < 4.78 is 0. The van der Waals surface area contributed by atoms with E-state index in [4.69, 9.17) is 0 Å². The molecule has 3 heteroatoms. The van der Waals surface area contributed by atoms with Crippen molar-refractivity contribution < 1.29 is 4.79 Å². The molecule has 0 radical (unpaired) electrons. The van der Waals surface area contributed by atoms with Gasteiger partial charge in [0, 0.05) is 6.20 Å². The van der Waals surface area contributed by atoms with Crippen molar-refractivity contribution in [3.05, 3.63) is 12.3 Å². The van der Waals surface area contributed by atoms with E-state index in [2.05, 4.69) is 10.9 Å². The molecule has 0 bridgehead atoms. The molecule has 0 fully saturated rings. The zero-order valence-corrected chi connectivity index (χ0v) is 4.64. The third-order valence-electron chi connectivity index (χ3n) is 1.05. The highest BCUT2D eigenvalue weighted by atomic mass is 16.1. The van der Waals surface area contributed by atoms with Gasteiger partial charge in [0.1, 0.15) is 6.04 Å². The average molecular weight is 112 g/mol. The summed E-state index contributed by atoms with van der Waals surface area (Å²) in [5.41, 5.74) is 5.45. The van der Waals surface area contributed by atoms with Gasteiger partial charge in [-0.1, -0.05) is 0 Å². The molecule has 1 unspecified atom stereocenters. The van der Waals surface area contributed by atoms with Crippen molar-refractivity contribution in [2.45, 2.75) is 13.0 Å². The van der Waals surface area contributed by atoms with E-state index < -0.39 is 0 Å². The molecule has 2 N–H and O–H groups in total. The van der Waals surface area contributed by atoms with Crippen molar-refractivity contribution in [3.8, 4) is 0 Å². The number of nitrogens with one attached hydrogen (secondary N) is 2. The molecule has 3 nitrogen and oxygen atoms in total. The standard InChI is InChI=1S/C5H8N2O/c1-4(8)5-2-3-6-7-5/h2-3,5-7H,1H3. The topological polar surface area (TPSA) is 41.1 Å². The number of hydrogen-bond donors (Lipinski definition) is 2.